The standard InChI is InChI=1S/C15H22N2O2.ClH/c1-3-15(18)17-11-9-16(10-12-17)13-7-5-6-8-14(13)19-4-2;/h5-8H,3-4,9-12H2,1-2H3;1H. The lowest BCUT2D eigenvalue weighted by Crippen LogP contribution is -3.10. The van der Waals surface area contributed by atoms with Gasteiger partial charge in [-0.1, -0.05) is 19.1 Å². The van der Waals surface area contributed by atoms with Gasteiger partial charge in [0.15, 0.2) is 11.4 Å². The van der Waals surface area contributed by atoms with E-state index in [1.807, 2.05) is 30.9 Å². The van der Waals surface area contributed by atoms with Crippen molar-refractivity contribution in [2.24, 2.45) is 0 Å². The second kappa shape index (κ2) is 8.12. The monoisotopic (exact) mass is 298 g/mol. The minimum atomic E-state index is 0. The molecule has 1 heterocycles. The number of halogens is 1. The molecule has 0 unspecified atom stereocenters. The molecule has 112 valence electrons. The number of benzene rings is 1. The van der Waals surface area contributed by atoms with Crippen molar-refractivity contribution in [1.82, 2.24) is 4.90 Å². The third-order valence-electron chi connectivity index (χ3n) is 3.59. The molecular weight excluding hydrogens is 276 g/mol. The number of hydrogen-bond donors (Lipinski definition) is 1. The molecule has 1 saturated heterocycles. The van der Waals surface area contributed by atoms with Crippen molar-refractivity contribution >= 4 is 11.6 Å². The zero-order valence-electron chi connectivity index (χ0n) is 12.2. The summed E-state index contributed by atoms with van der Waals surface area (Å²) in [7, 11) is 0. The normalized spacial score (nSPS) is 15.6. The van der Waals surface area contributed by atoms with E-state index < -0.39 is 0 Å². The summed E-state index contributed by atoms with van der Waals surface area (Å²) in [4.78, 5) is 15.0. The molecule has 1 aliphatic rings. The van der Waals surface area contributed by atoms with E-state index in [0.29, 0.717) is 13.0 Å². The van der Waals surface area contributed by atoms with Gasteiger partial charge in [-0.05, 0) is 13.0 Å². The zero-order chi connectivity index (χ0) is 13.7. The van der Waals surface area contributed by atoms with Gasteiger partial charge in [0, 0.05) is 12.5 Å². The Labute approximate surface area is 127 Å². The van der Waals surface area contributed by atoms with E-state index in [-0.39, 0.29) is 18.3 Å². The maximum Gasteiger partial charge on any atom is 0.222 e. The molecule has 0 atom stereocenters. The quantitative estimate of drug-likeness (QED) is 0.688. The predicted octanol–water partition coefficient (Wildman–Crippen LogP) is -2.14. The average Bonchev–Trinajstić information content (AvgIpc) is 2.47. The molecule has 0 saturated carbocycles. The third kappa shape index (κ3) is 3.87. The number of quaternary nitrogens is 1. The van der Waals surface area contributed by atoms with Crippen LogP contribution < -0.4 is 22.0 Å². The van der Waals surface area contributed by atoms with Crippen LogP contribution in [-0.2, 0) is 4.79 Å². The van der Waals surface area contributed by atoms with Gasteiger partial charge in [-0.25, -0.2) is 0 Å². The molecule has 2 rings (SSSR count). The predicted molar refractivity (Wildman–Crippen MR) is 74.8 cm³/mol. The molecule has 0 bridgehead atoms. The molecule has 5 heteroatoms. The van der Waals surface area contributed by atoms with Crippen molar-refractivity contribution in [3.63, 3.8) is 0 Å². The summed E-state index contributed by atoms with van der Waals surface area (Å²) in [6.07, 6.45) is 0.602. The Morgan fingerprint density at radius 3 is 2.50 bits per heavy atom. The first kappa shape index (κ1) is 16.8. The third-order valence-corrected chi connectivity index (χ3v) is 3.59. The highest BCUT2D eigenvalue weighted by Crippen LogP contribution is 2.20. The Morgan fingerprint density at radius 2 is 1.90 bits per heavy atom. The first-order valence-electron chi connectivity index (χ1n) is 7.11. The van der Waals surface area contributed by atoms with E-state index in [2.05, 4.69) is 12.1 Å². The molecule has 0 aliphatic carbocycles. The molecule has 20 heavy (non-hydrogen) atoms. The van der Waals surface area contributed by atoms with Gasteiger partial charge < -0.3 is 22.0 Å². The van der Waals surface area contributed by atoms with Crippen molar-refractivity contribution < 1.29 is 26.8 Å². The molecule has 1 amide bonds. The molecule has 0 radical (unpaired) electrons. The van der Waals surface area contributed by atoms with Gasteiger partial charge in [0.05, 0.1) is 32.8 Å². The van der Waals surface area contributed by atoms with E-state index in [1.165, 1.54) is 10.6 Å². The van der Waals surface area contributed by atoms with Gasteiger partial charge in [0.25, 0.3) is 0 Å². The van der Waals surface area contributed by atoms with Crippen molar-refractivity contribution in [3.05, 3.63) is 24.3 Å². The molecule has 1 aromatic rings. The number of para-hydroxylation sites is 2. The van der Waals surface area contributed by atoms with Gasteiger partial charge in [-0.2, -0.15) is 0 Å². The fourth-order valence-corrected chi connectivity index (χ4v) is 2.56. The van der Waals surface area contributed by atoms with Gasteiger partial charge in [0.2, 0.25) is 5.91 Å². The van der Waals surface area contributed by atoms with Crippen LogP contribution in [0.3, 0.4) is 0 Å². The van der Waals surface area contributed by atoms with Crippen LogP contribution >= 0.6 is 0 Å². The highest BCUT2D eigenvalue weighted by Gasteiger charge is 2.25. The van der Waals surface area contributed by atoms with E-state index in [4.69, 9.17) is 4.74 Å². The molecular formula is C15H23ClN2O2. The van der Waals surface area contributed by atoms with Crippen LogP contribution in [0, 0.1) is 0 Å². The fraction of sp³-hybridized carbons (Fsp3) is 0.533. The molecule has 1 N–H and O–H groups in total. The summed E-state index contributed by atoms with van der Waals surface area (Å²) in [6, 6.07) is 8.20. The lowest BCUT2D eigenvalue weighted by Gasteiger charge is -2.32. The fourth-order valence-electron chi connectivity index (χ4n) is 2.56. The van der Waals surface area contributed by atoms with Crippen molar-refractivity contribution in [1.29, 1.82) is 0 Å². The van der Waals surface area contributed by atoms with Crippen molar-refractivity contribution in [2.45, 2.75) is 20.3 Å². The van der Waals surface area contributed by atoms with Crippen LogP contribution in [0.4, 0.5) is 5.69 Å². The number of carbonyl (C=O) groups excluding carboxylic acids is 1. The number of nitrogens with one attached hydrogen (secondary N) is 1. The summed E-state index contributed by atoms with van der Waals surface area (Å²) in [5.74, 6) is 1.23. The lowest BCUT2D eigenvalue weighted by atomic mass is 10.2. The maximum absolute atomic E-state index is 11.7. The van der Waals surface area contributed by atoms with Gasteiger partial charge in [-0.3, -0.25) is 9.69 Å². The van der Waals surface area contributed by atoms with Crippen LogP contribution in [0.25, 0.3) is 0 Å². The highest BCUT2D eigenvalue weighted by molar-refractivity contribution is 5.75. The number of rotatable bonds is 4. The molecule has 4 nitrogen and oxygen atoms in total. The molecule has 0 spiro atoms. The minimum Gasteiger partial charge on any atom is -1.00 e. The Kier molecular flexibility index (Phi) is 6.82. The number of amides is 1. The summed E-state index contributed by atoms with van der Waals surface area (Å²) >= 11 is 0. The van der Waals surface area contributed by atoms with Crippen LogP contribution in [0.5, 0.6) is 5.75 Å². The second-order valence-corrected chi connectivity index (χ2v) is 4.77. The number of carbonyl (C=O) groups is 1. The molecule has 1 fully saturated rings. The molecule has 1 aromatic carbocycles. The Bertz CT molecular complexity index is 432. The topological polar surface area (TPSA) is 34.0 Å². The number of hydrogen-bond acceptors (Lipinski definition) is 2. The summed E-state index contributed by atoms with van der Waals surface area (Å²) < 4.78 is 5.68. The van der Waals surface area contributed by atoms with E-state index in [0.717, 1.165) is 31.9 Å². The summed E-state index contributed by atoms with van der Waals surface area (Å²) in [5.41, 5.74) is 1.22. The SMILES string of the molecule is CCOc1ccccc1[NH+]1CCN(C(=O)CC)CC1.[Cl-]. The molecule has 1 aliphatic heterocycles. The smallest absolute Gasteiger partial charge is 0.222 e. The minimum absolute atomic E-state index is 0. The van der Waals surface area contributed by atoms with E-state index in [9.17, 15) is 4.79 Å². The van der Waals surface area contributed by atoms with Crippen molar-refractivity contribution in [2.75, 3.05) is 32.8 Å². The second-order valence-electron chi connectivity index (χ2n) is 4.77. The zero-order valence-corrected chi connectivity index (χ0v) is 12.9. The highest BCUT2D eigenvalue weighted by atomic mass is 35.5. The maximum atomic E-state index is 11.7. The average molecular weight is 299 g/mol. The summed E-state index contributed by atoms with van der Waals surface area (Å²) in [5, 5.41) is 0. The Hall–Kier alpha value is -1.26. The van der Waals surface area contributed by atoms with Crippen LogP contribution in [0.15, 0.2) is 24.3 Å². The van der Waals surface area contributed by atoms with E-state index >= 15 is 0 Å². The van der Waals surface area contributed by atoms with Crippen LogP contribution in [-0.4, -0.2) is 43.6 Å². The van der Waals surface area contributed by atoms with Gasteiger partial charge >= 0.3 is 0 Å². The largest absolute Gasteiger partial charge is 1.00 e. The Balaban J connectivity index is 0.00000200. The number of ether oxygens (including phenoxy) is 1. The van der Waals surface area contributed by atoms with Gasteiger partial charge in [0.1, 0.15) is 0 Å². The van der Waals surface area contributed by atoms with Gasteiger partial charge in [-0.15, -0.1) is 0 Å². The van der Waals surface area contributed by atoms with Crippen molar-refractivity contribution in [3.8, 4) is 5.75 Å². The number of piperazine rings is 1. The first-order valence-corrected chi connectivity index (χ1v) is 7.11. The van der Waals surface area contributed by atoms with Crippen LogP contribution in [0.1, 0.15) is 20.3 Å². The number of nitrogens with zero attached hydrogens (tertiary/aromatic N) is 1. The molecule has 0 aromatic heterocycles. The van der Waals surface area contributed by atoms with Crippen LogP contribution in [0.2, 0.25) is 0 Å². The Morgan fingerprint density at radius 1 is 1.25 bits per heavy atom. The van der Waals surface area contributed by atoms with E-state index in [1.54, 1.807) is 0 Å². The lowest BCUT2D eigenvalue weighted by molar-refractivity contribution is -0.837. The summed E-state index contributed by atoms with van der Waals surface area (Å²) in [6.45, 7) is 8.19. The first-order chi connectivity index (χ1) is 9.26.